The molecule has 24 heavy (non-hydrogen) atoms. The number of anilines is 1. The number of nitrogens with one attached hydrogen (secondary N) is 1. The van der Waals surface area contributed by atoms with E-state index in [0.29, 0.717) is 29.4 Å². The molecule has 2 aromatic rings. The zero-order chi connectivity index (χ0) is 17.4. The molecule has 0 fully saturated rings. The first-order valence-electron chi connectivity index (χ1n) is 7.83. The number of benzene rings is 2. The minimum Gasteiger partial charge on any atom is -0.491 e. The van der Waals surface area contributed by atoms with Crippen molar-refractivity contribution >= 4 is 11.6 Å². The molecule has 2 rings (SSSR count). The van der Waals surface area contributed by atoms with Crippen molar-refractivity contribution in [2.45, 2.75) is 26.4 Å². The first-order chi connectivity index (χ1) is 11.6. The van der Waals surface area contributed by atoms with Crippen molar-refractivity contribution in [3.8, 4) is 17.6 Å². The van der Waals surface area contributed by atoms with E-state index in [1.54, 1.807) is 37.3 Å². The molecule has 0 aromatic heterocycles. The highest BCUT2D eigenvalue weighted by Gasteiger charge is 2.16. The number of hydrogen-bond donors (Lipinski definition) is 1. The Hall–Kier alpha value is -3.00. The molecule has 0 saturated carbocycles. The number of nitriles is 1. The van der Waals surface area contributed by atoms with Crippen molar-refractivity contribution in [3.63, 3.8) is 0 Å². The highest BCUT2D eigenvalue weighted by atomic mass is 16.5. The van der Waals surface area contributed by atoms with Crippen LogP contribution in [-0.2, 0) is 4.79 Å². The number of rotatable bonds is 7. The molecule has 0 bridgehead atoms. The first-order valence-corrected chi connectivity index (χ1v) is 7.83. The highest BCUT2D eigenvalue weighted by molar-refractivity contribution is 5.95. The monoisotopic (exact) mass is 324 g/mol. The lowest BCUT2D eigenvalue weighted by atomic mass is 10.2. The van der Waals surface area contributed by atoms with Crippen LogP contribution in [0.4, 0.5) is 5.69 Å². The van der Waals surface area contributed by atoms with Crippen molar-refractivity contribution in [2.24, 2.45) is 0 Å². The van der Waals surface area contributed by atoms with Crippen LogP contribution in [0.15, 0.2) is 48.5 Å². The Morgan fingerprint density at radius 2 is 1.92 bits per heavy atom. The number of carbonyl (C=O) groups is 1. The van der Waals surface area contributed by atoms with E-state index in [1.807, 2.05) is 31.2 Å². The third-order valence-electron chi connectivity index (χ3n) is 3.27. The minimum absolute atomic E-state index is 0.271. The number of amides is 1. The second kappa shape index (κ2) is 8.59. The summed E-state index contributed by atoms with van der Waals surface area (Å²) in [6.07, 6.45) is 0.206. The summed E-state index contributed by atoms with van der Waals surface area (Å²) in [5.74, 6) is 0.900. The lowest BCUT2D eigenvalue weighted by Gasteiger charge is -2.16. The van der Waals surface area contributed by atoms with Crippen LogP contribution in [0, 0.1) is 11.3 Å². The summed E-state index contributed by atoms with van der Waals surface area (Å²) in [5.41, 5.74) is 1.16. The van der Waals surface area contributed by atoms with Crippen molar-refractivity contribution in [2.75, 3.05) is 11.9 Å². The maximum absolute atomic E-state index is 12.3. The normalized spacial score (nSPS) is 11.2. The largest absolute Gasteiger partial charge is 0.491 e. The molecule has 0 spiro atoms. The average Bonchev–Trinajstić information content (AvgIpc) is 2.61. The summed E-state index contributed by atoms with van der Waals surface area (Å²) in [6.45, 7) is 4.28. The van der Waals surface area contributed by atoms with E-state index in [0.717, 1.165) is 6.42 Å². The second-order valence-electron chi connectivity index (χ2n) is 5.23. The minimum atomic E-state index is -0.683. The van der Waals surface area contributed by atoms with Gasteiger partial charge in [-0.05, 0) is 49.7 Å². The number of para-hydroxylation sites is 2. The average molecular weight is 324 g/mol. The molecule has 0 aliphatic heterocycles. The van der Waals surface area contributed by atoms with Crippen molar-refractivity contribution in [1.29, 1.82) is 5.26 Å². The Kier molecular flexibility index (Phi) is 6.21. The summed E-state index contributed by atoms with van der Waals surface area (Å²) in [7, 11) is 0. The van der Waals surface area contributed by atoms with Crippen molar-refractivity contribution in [1.82, 2.24) is 0 Å². The molecular formula is C19H20N2O3. The topological polar surface area (TPSA) is 71.3 Å². The Morgan fingerprint density at radius 1 is 1.21 bits per heavy atom. The summed E-state index contributed by atoms with van der Waals surface area (Å²) in [5, 5.41) is 11.6. The van der Waals surface area contributed by atoms with Gasteiger partial charge in [0.05, 0.1) is 23.9 Å². The van der Waals surface area contributed by atoms with E-state index in [2.05, 4.69) is 5.32 Å². The highest BCUT2D eigenvalue weighted by Crippen LogP contribution is 2.24. The SMILES string of the molecule is CCCOc1ccccc1NC(=O)C(C)Oc1ccc(C#N)cc1. The van der Waals surface area contributed by atoms with Gasteiger partial charge in [-0.2, -0.15) is 5.26 Å². The van der Waals surface area contributed by atoms with Gasteiger partial charge in [-0.3, -0.25) is 4.79 Å². The Bertz CT molecular complexity index is 720. The van der Waals surface area contributed by atoms with E-state index in [1.165, 1.54) is 0 Å². The van der Waals surface area contributed by atoms with E-state index in [4.69, 9.17) is 14.7 Å². The summed E-state index contributed by atoms with van der Waals surface area (Å²) < 4.78 is 11.2. The van der Waals surface area contributed by atoms with Gasteiger partial charge in [0, 0.05) is 0 Å². The molecule has 0 heterocycles. The second-order valence-corrected chi connectivity index (χ2v) is 5.23. The van der Waals surface area contributed by atoms with Crippen LogP contribution in [0.1, 0.15) is 25.8 Å². The van der Waals surface area contributed by atoms with Crippen LogP contribution in [-0.4, -0.2) is 18.6 Å². The molecule has 0 aliphatic carbocycles. The summed E-state index contributed by atoms with van der Waals surface area (Å²) in [6, 6.07) is 16.0. The van der Waals surface area contributed by atoms with Gasteiger partial charge in [-0.15, -0.1) is 0 Å². The van der Waals surface area contributed by atoms with Gasteiger partial charge in [0.15, 0.2) is 6.10 Å². The first kappa shape index (κ1) is 17.4. The molecule has 2 aromatic carbocycles. The van der Waals surface area contributed by atoms with Gasteiger partial charge >= 0.3 is 0 Å². The number of hydrogen-bond acceptors (Lipinski definition) is 4. The Balaban J connectivity index is 1.99. The molecule has 0 radical (unpaired) electrons. The van der Waals surface area contributed by atoms with Crippen LogP contribution in [0.25, 0.3) is 0 Å². The van der Waals surface area contributed by atoms with E-state index < -0.39 is 6.10 Å². The predicted octanol–water partition coefficient (Wildman–Crippen LogP) is 3.75. The predicted molar refractivity (Wildman–Crippen MR) is 92.1 cm³/mol. The maximum Gasteiger partial charge on any atom is 0.265 e. The molecule has 1 N–H and O–H groups in total. The fourth-order valence-corrected chi connectivity index (χ4v) is 2.01. The molecule has 1 unspecified atom stereocenters. The Morgan fingerprint density at radius 3 is 2.58 bits per heavy atom. The van der Waals surface area contributed by atoms with E-state index >= 15 is 0 Å². The lowest BCUT2D eigenvalue weighted by molar-refractivity contribution is -0.122. The van der Waals surface area contributed by atoms with Crippen molar-refractivity contribution in [3.05, 3.63) is 54.1 Å². The number of nitrogens with zero attached hydrogens (tertiary/aromatic N) is 1. The van der Waals surface area contributed by atoms with E-state index in [-0.39, 0.29) is 5.91 Å². The molecular weight excluding hydrogens is 304 g/mol. The number of ether oxygens (including phenoxy) is 2. The molecule has 124 valence electrons. The number of carbonyl (C=O) groups excluding carboxylic acids is 1. The van der Waals surface area contributed by atoms with Gasteiger partial charge in [0.2, 0.25) is 0 Å². The third kappa shape index (κ3) is 4.75. The van der Waals surface area contributed by atoms with E-state index in [9.17, 15) is 4.79 Å². The zero-order valence-corrected chi connectivity index (χ0v) is 13.8. The molecule has 0 saturated heterocycles. The molecule has 5 nitrogen and oxygen atoms in total. The van der Waals surface area contributed by atoms with Gasteiger partial charge in [-0.25, -0.2) is 0 Å². The molecule has 1 atom stereocenters. The molecule has 5 heteroatoms. The van der Waals surface area contributed by atoms with Crippen molar-refractivity contribution < 1.29 is 14.3 Å². The lowest BCUT2D eigenvalue weighted by Crippen LogP contribution is -2.30. The standard InChI is InChI=1S/C19H20N2O3/c1-3-12-23-18-7-5-4-6-17(18)21-19(22)14(2)24-16-10-8-15(13-20)9-11-16/h4-11,14H,3,12H2,1-2H3,(H,21,22). The Labute approximate surface area is 141 Å². The van der Waals surface area contributed by atoms with Crippen LogP contribution in [0.3, 0.4) is 0 Å². The van der Waals surface area contributed by atoms with Gasteiger partial charge in [0.1, 0.15) is 11.5 Å². The van der Waals surface area contributed by atoms with Gasteiger partial charge in [-0.1, -0.05) is 19.1 Å². The molecule has 0 aliphatic rings. The molecule has 1 amide bonds. The zero-order valence-electron chi connectivity index (χ0n) is 13.8. The van der Waals surface area contributed by atoms with Gasteiger partial charge in [0.25, 0.3) is 5.91 Å². The maximum atomic E-state index is 12.3. The fourth-order valence-electron chi connectivity index (χ4n) is 2.01. The van der Waals surface area contributed by atoms with Crippen LogP contribution < -0.4 is 14.8 Å². The quantitative estimate of drug-likeness (QED) is 0.842. The van der Waals surface area contributed by atoms with Crippen LogP contribution >= 0.6 is 0 Å². The fraction of sp³-hybridized carbons (Fsp3) is 0.263. The smallest absolute Gasteiger partial charge is 0.265 e. The third-order valence-corrected chi connectivity index (χ3v) is 3.27. The van der Waals surface area contributed by atoms with Crippen LogP contribution in [0.5, 0.6) is 11.5 Å². The van der Waals surface area contributed by atoms with Gasteiger partial charge < -0.3 is 14.8 Å². The summed E-state index contributed by atoms with van der Waals surface area (Å²) in [4.78, 5) is 12.3. The van der Waals surface area contributed by atoms with Crippen LogP contribution in [0.2, 0.25) is 0 Å². The summed E-state index contributed by atoms with van der Waals surface area (Å²) >= 11 is 0.